The maximum Gasteiger partial charge on any atom is 0.335 e. The molecule has 1 amide bonds. The molecule has 0 aliphatic heterocycles. The Labute approximate surface area is 121 Å². The number of carboxylic acids is 1. The van der Waals surface area contributed by atoms with Crippen LogP contribution >= 0.6 is 0 Å². The first-order valence-electron chi connectivity index (χ1n) is 6.38. The van der Waals surface area contributed by atoms with Crippen molar-refractivity contribution in [2.45, 2.75) is 26.7 Å². The zero-order valence-corrected chi connectivity index (χ0v) is 11.7. The molecule has 0 atom stereocenters. The number of aryl methyl sites for hydroxylation is 3. The average Bonchev–Trinajstić information content (AvgIpc) is 2.82. The number of carbonyl (C=O) groups excluding carboxylic acids is 1. The van der Waals surface area contributed by atoms with Crippen molar-refractivity contribution in [2.24, 2.45) is 0 Å². The molecule has 2 aromatic rings. The number of nitrogens with one attached hydrogen (secondary N) is 1. The third kappa shape index (κ3) is 3.88. The number of nitrogens with zero attached hydrogens (tertiary/aromatic N) is 2. The third-order valence-electron chi connectivity index (χ3n) is 2.88. The van der Waals surface area contributed by atoms with E-state index in [-0.39, 0.29) is 17.9 Å². The summed E-state index contributed by atoms with van der Waals surface area (Å²) in [5, 5.41) is 15.3. The van der Waals surface area contributed by atoms with Crippen LogP contribution in [0.15, 0.2) is 22.7 Å². The summed E-state index contributed by atoms with van der Waals surface area (Å²) in [6.07, 6.45) is 0.570. The van der Waals surface area contributed by atoms with Crippen molar-refractivity contribution in [3.8, 4) is 0 Å². The lowest BCUT2D eigenvalue weighted by molar-refractivity contribution is -0.116. The number of benzene rings is 1. The molecular weight excluding hydrogens is 274 g/mol. The van der Waals surface area contributed by atoms with E-state index in [9.17, 15) is 9.59 Å². The molecule has 1 aromatic heterocycles. The Kier molecular flexibility index (Phi) is 4.32. The quantitative estimate of drug-likeness (QED) is 0.871. The maximum atomic E-state index is 11.8. The maximum absolute atomic E-state index is 11.8. The van der Waals surface area contributed by atoms with Crippen LogP contribution in [0.25, 0.3) is 0 Å². The van der Waals surface area contributed by atoms with Gasteiger partial charge in [-0.25, -0.2) is 4.79 Å². The van der Waals surface area contributed by atoms with Crippen molar-refractivity contribution >= 4 is 17.6 Å². The van der Waals surface area contributed by atoms with Crippen LogP contribution in [0.4, 0.5) is 5.69 Å². The predicted molar refractivity (Wildman–Crippen MR) is 74.1 cm³/mol. The van der Waals surface area contributed by atoms with Crippen molar-refractivity contribution in [3.63, 3.8) is 0 Å². The van der Waals surface area contributed by atoms with E-state index in [1.54, 1.807) is 26.0 Å². The number of rotatable bonds is 5. The van der Waals surface area contributed by atoms with Crippen LogP contribution in [0.5, 0.6) is 0 Å². The number of amides is 1. The summed E-state index contributed by atoms with van der Waals surface area (Å²) >= 11 is 0. The lowest BCUT2D eigenvalue weighted by Crippen LogP contribution is -2.13. The van der Waals surface area contributed by atoms with Gasteiger partial charge in [-0.15, -0.1) is 0 Å². The number of anilines is 1. The molecule has 1 heterocycles. The second kappa shape index (κ2) is 6.17. The van der Waals surface area contributed by atoms with E-state index in [0.717, 1.165) is 0 Å². The van der Waals surface area contributed by atoms with Crippen LogP contribution in [-0.2, 0) is 11.2 Å². The highest BCUT2D eigenvalue weighted by atomic mass is 16.5. The summed E-state index contributed by atoms with van der Waals surface area (Å²) in [5.74, 6) is -0.240. The third-order valence-corrected chi connectivity index (χ3v) is 2.88. The Bertz CT molecular complexity index is 679. The zero-order valence-electron chi connectivity index (χ0n) is 11.7. The topological polar surface area (TPSA) is 105 Å². The molecule has 110 valence electrons. The molecule has 0 radical (unpaired) electrons. The van der Waals surface area contributed by atoms with Gasteiger partial charge in [-0.1, -0.05) is 5.16 Å². The van der Waals surface area contributed by atoms with Crippen molar-refractivity contribution in [2.75, 3.05) is 5.32 Å². The molecule has 0 aliphatic carbocycles. The minimum Gasteiger partial charge on any atom is -0.478 e. The van der Waals surface area contributed by atoms with Gasteiger partial charge in [0.1, 0.15) is 0 Å². The van der Waals surface area contributed by atoms with Gasteiger partial charge in [-0.2, -0.15) is 4.98 Å². The number of hydrogen-bond donors (Lipinski definition) is 2. The molecule has 0 spiro atoms. The van der Waals surface area contributed by atoms with Gasteiger partial charge < -0.3 is 14.9 Å². The SMILES string of the molecule is Cc1noc(CCC(=O)Nc2ccc(C(=O)O)c(C)c2)n1. The standard InChI is InChI=1S/C14H15N3O4/c1-8-7-10(3-4-11(8)14(19)20)16-12(18)5-6-13-15-9(2)17-21-13/h3-4,7H,5-6H2,1-2H3,(H,16,18)(H,19,20). The minimum absolute atomic E-state index is 0.201. The largest absolute Gasteiger partial charge is 0.478 e. The Morgan fingerprint density at radius 3 is 2.67 bits per heavy atom. The first kappa shape index (κ1) is 14.7. The lowest BCUT2D eigenvalue weighted by atomic mass is 10.1. The number of aromatic nitrogens is 2. The van der Waals surface area contributed by atoms with Crippen LogP contribution < -0.4 is 5.32 Å². The van der Waals surface area contributed by atoms with Crippen LogP contribution in [-0.4, -0.2) is 27.1 Å². The van der Waals surface area contributed by atoms with E-state index in [1.807, 2.05) is 0 Å². The molecule has 2 N–H and O–H groups in total. The van der Waals surface area contributed by atoms with E-state index in [2.05, 4.69) is 15.5 Å². The highest BCUT2D eigenvalue weighted by Gasteiger charge is 2.10. The predicted octanol–water partition coefficient (Wildman–Crippen LogP) is 1.96. The lowest BCUT2D eigenvalue weighted by Gasteiger charge is -2.07. The number of carbonyl (C=O) groups is 2. The monoisotopic (exact) mass is 289 g/mol. The van der Waals surface area contributed by atoms with Gasteiger partial charge in [0.2, 0.25) is 11.8 Å². The Hall–Kier alpha value is -2.70. The molecule has 2 rings (SSSR count). The summed E-state index contributed by atoms with van der Waals surface area (Å²) in [6, 6.07) is 4.65. The van der Waals surface area contributed by atoms with E-state index in [0.29, 0.717) is 29.4 Å². The first-order valence-corrected chi connectivity index (χ1v) is 6.38. The molecule has 0 saturated carbocycles. The second-order valence-corrected chi connectivity index (χ2v) is 4.62. The van der Waals surface area contributed by atoms with Crippen LogP contribution in [0.2, 0.25) is 0 Å². The van der Waals surface area contributed by atoms with E-state index in [1.165, 1.54) is 6.07 Å². The van der Waals surface area contributed by atoms with Gasteiger partial charge in [-0.3, -0.25) is 4.79 Å². The highest BCUT2D eigenvalue weighted by molar-refractivity contribution is 5.93. The van der Waals surface area contributed by atoms with Crippen LogP contribution in [0, 0.1) is 13.8 Å². The first-order chi connectivity index (χ1) is 9.95. The van der Waals surface area contributed by atoms with Crippen molar-refractivity contribution < 1.29 is 19.2 Å². The van der Waals surface area contributed by atoms with Gasteiger partial charge in [0.25, 0.3) is 0 Å². The van der Waals surface area contributed by atoms with E-state index < -0.39 is 5.97 Å². The zero-order chi connectivity index (χ0) is 15.4. The Morgan fingerprint density at radius 2 is 2.10 bits per heavy atom. The smallest absolute Gasteiger partial charge is 0.335 e. The molecule has 0 aliphatic rings. The van der Waals surface area contributed by atoms with Crippen LogP contribution in [0.1, 0.15) is 34.1 Å². The summed E-state index contributed by atoms with van der Waals surface area (Å²) in [6.45, 7) is 3.39. The molecule has 7 nitrogen and oxygen atoms in total. The van der Waals surface area contributed by atoms with Crippen LogP contribution in [0.3, 0.4) is 0 Å². The number of aromatic carboxylic acids is 1. The number of hydrogen-bond acceptors (Lipinski definition) is 5. The molecule has 0 fully saturated rings. The summed E-state index contributed by atoms with van der Waals surface area (Å²) in [4.78, 5) is 26.7. The van der Waals surface area contributed by atoms with Gasteiger partial charge in [0.05, 0.1) is 5.56 Å². The molecule has 1 aromatic carbocycles. The van der Waals surface area contributed by atoms with Crippen molar-refractivity contribution in [3.05, 3.63) is 41.0 Å². The number of carboxylic acid groups (broad SMARTS) is 1. The Balaban J connectivity index is 1.93. The van der Waals surface area contributed by atoms with E-state index >= 15 is 0 Å². The van der Waals surface area contributed by atoms with Crippen molar-refractivity contribution in [1.82, 2.24) is 10.1 Å². The summed E-state index contributed by atoms with van der Waals surface area (Å²) in [7, 11) is 0. The normalized spacial score (nSPS) is 10.4. The molecule has 7 heteroatoms. The highest BCUT2D eigenvalue weighted by Crippen LogP contribution is 2.15. The summed E-state index contributed by atoms with van der Waals surface area (Å²) < 4.78 is 4.92. The molecule has 0 bridgehead atoms. The molecule has 21 heavy (non-hydrogen) atoms. The fourth-order valence-corrected chi connectivity index (χ4v) is 1.87. The molecule has 0 unspecified atom stereocenters. The average molecular weight is 289 g/mol. The van der Waals surface area contributed by atoms with Crippen molar-refractivity contribution in [1.29, 1.82) is 0 Å². The summed E-state index contributed by atoms with van der Waals surface area (Å²) in [5.41, 5.74) is 1.37. The second-order valence-electron chi connectivity index (χ2n) is 4.62. The fourth-order valence-electron chi connectivity index (χ4n) is 1.87. The van der Waals surface area contributed by atoms with Gasteiger partial charge in [0.15, 0.2) is 5.82 Å². The molecule has 0 saturated heterocycles. The van der Waals surface area contributed by atoms with Gasteiger partial charge in [0, 0.05) is 18.5 Å². The van der Waals surface area contributed by atoms with Gasteiger partial charge in [-0.05, 0) is 37.6 Å². The fraction of sp³-hybridized carbons (Fsp3) is 0.286. The minimum atomic E-state index is -0.989. The molecular formula is C14H15N3O4. The van der Waals surface area contributed by atoms with E-state index in [4.69, 9.17) is 9.63 Å². The van der Waals surface area contributed by atoms with Gasteiger partial charge >= 0.3 is 5.97 Å². The Morgan fingerprint density at radius 1 is 1.33 bits per heavy atom.